The zero-order valence-electron chi connectivity index (χ0n) is 12.0. The molecule has 7 heteroatoms. The molecular formula is C14H18N4O3. The number of benzene rings is 1. The second kappa shape index (κ2) is 6.85. The largest absolute Gasteiger partial charge is 0.492 e. The van der Waals surface area contributed by atoms with E-state index >= 15 is 0 Å². The molecule has 1 aromatic heterocycles. The summed E-state index contributed by atoms with van der Waals surface area (Å²) in [6, 6.07) is 6.42. The number of nitrogens with one attached hydrogen (secondary N) is 1. The van der Waals surface area contributed by atoms with Gasteiger partial charge in [-0.25, -0.2) is 4.79 Å². The van der Waals surface area contributed by atoms with Gasteiger partial charge in [0.1, 0.15) is 24.5 Å². The Labute approximate surface area is 122 Å². The zero-order chi connectivity index (χ0) is 15.2. The molecule has 1 unspecified atom stereocenters. The van der Waals surface area contributed by atoms with Gasteiger partial charge < -0.3 is 19.7 Å². The Balaban J connectivity index is 1.74. The first kappa shape index (κ1) is 15.0. The molecule has 2 rings (SSSR count). The van der Waals surface area contributed by atoms with Crippen molar-refractivity contribution in [1.82, 2.24) is 20.1 Å². The first-order valence-corrected chi connectivity index (χ1v) is 6.61. The highest BCUT2D eigenvalue weighted by Gasteiger charge is 2.10. The lowest BCUT2D eigenvalue weighted by Crippen LogP contribution is -2.26. The molecule has 21 heavy (non-hydrogen) atoms. The van der Waals surface area contributed by atoms with Crippen LogP contribution in [0.15, 0.2) is 30.6 Å². The van der Waals surface area contributed by atoms with E-state index < -0.39 is 5.97 Å². The van der Waals surface area contributed by atoms with Gasteiger partial charge in [-0.05, 0) is 31.2 Å². The number of aromatic carboxylic acids is 1. The topological polar surface area (TPSA) is 89.3 Å². The van der Waals surface area contributed by atoms with E-state index in [1.54, 1.807) is 18.5 Å². The predicted octanol–water partition coefficient (Wildman–Crippen LogP) is 1.24. The van der Waals surface area contributed by atoms with Gasteiger partial charge in [-0.1, -0.05) is 0 Å². The maximum absolute atomic E-state index is 10.7. The van der Waals surface area contributed by atoms with Crippen molar-refractivity contribution in [3.8, 4) is 5.75 Å². The number of ether oxygens (including phenoxy) is 1. The maximum Gasteiger partial charge on any atom is 0.335 e. The average Bonchev–Trinajstić information content (AvgIpc) is 2.90. The minimum atomic E-state index is -0.944. The van der Waals surface area contributed by atoms with Crippen LogP contribution in [0.2, 0.25) is 0 Å². The number of rotatable bonds is 7. The fourth-order valence-electron chi connectivity index (χ4n) is 1.91. The molecule has 0 aliphatic heterocycles. The second-order valence-corrected chi connectivity index (χ2v) is 4.65. The van der Waals surface area contributed by atoms with Crippen LogP contribution in [0.3, 0.4) is 0 Å². The molecule has 7 nitrogen and oxygen atoms in total. The normalized spacial score (nSPS) is 12.1. The quantitative estimate of drug-likeness (QED) is 0.746. The molecule has 0 saturated heterocycles. The number of carbonyl (C=O) groups is 1. The third-order valence-corrected chi connectivity index (χ3v) is 3.06. The Kier molecular flexibility index (Phi) is 4.89. The molecular weight excluding hydrogens is 272 g/mol. The third-order valence-electron chi connectivity index (χ3n) is 3.06. The standard InChI is InChI=1S/C14H18N4O3/c1-10(13-17-16-9-18(13)2)15-7-8-21-12-5-3-11(4-6-12)14(19)20/h3-6,9-10,15H,7-8H2,1-2H3,(H,19,20). The van der Waals surface area contributed by atoms with Crippen molar-refractivity contribution in [3.63, 3.8) is 0 Å². The van der Waals surface area contributed by atoms with E-state index in [0.717, 1.165) is 5.82 Å². The Morgan fingerprint density at radius 2 is 2.14 bits per heavy atom. The molecule has 0 spiro atoms. The zero-order valence-corrected chi connectivity index (χ0v) is 12.0. The summed E-state index contributed by atoms with van der Waals surface area (Å²) in [5, 5.41) is 20.0. The number of hydrogen-bond acceptors (Lipinski definition) is 5. The summed E-state index contributed by atoms with van der Waals surface area (Å²) in [5.74, 6) is 0.564. The molecule has 2 N–H and O–H groups in total. The van der Waals surface area contributed by atoms with Crippen LogP contribution in [0.1, 0.15) is 29.1 Å². The highest BCUT2D eigenvalue weighted by molar-refractivity contribution is 5.87. The molecule has 0 aliphatic rings. The number of aryl methyl sites for hydroxylation is 1. The smallest absolute Gasteiger partial charge is 0.335 e. The Morgan fingerprint density at radius 3 is 2.71 bits per heavy atom. The van der Waals surface area contributed by atoms with Crippen molar-refractivity contribution in [2.24, 2.45) is 7.05 Å². The third kappa shape index (κ3) is 4.03. The fraction of sp³-hybridized carbons (Fsp3) is 0.357. The van der Waals surface area contributed by atoms with Crippen LogP contribution in [-0.4, -0.2) is 39.0 Å². The highest BCUT2D eigenvalue weighted by atomic mass is 16.5. The van der Waals surface area contributed by atoms with Gasteiger partial charge in [0.2, 0.25) is 0 Å². The molecule has 1 heterocycles. The van der Waals surface area contributed by atoms with Crippen molar-refractivity contribution in [1.29, 1.82) is 0 Å². The van der Waals surface area contributed by atoms with Gasteiger partial charge in [-0.15, -0.1) is 10.2 Å². The van der Waals surface area contributed by atoms with E-state index in [1.807, 2.05) is 18.5 Å². The van der Waals surface area contributed by atoms with Gasteiger partial charge >= 0.3 is 5.97 Å². The molecule has 1 aromatic carbocycles. The number of hydrogen-bond donors (Lipinski definition) is 2. The van der Waals surface area contributed by atoms with Gasteiger partial charge in [0.25, 0.3) is 0 Å². The van der Waals surface area contributed by atoms with Gasteiger partial charge in [0.05, 0.1) is 11.6 Å². The summed E-state index contributed by atoms with van der Waals surface area (Å²) in [7, 11) is 1.90. The SMILES string of the molecule is CC(NCCOc1ccc(C(=O)O)cc1)c1nncn1C. The van der Waals surface area contributed by atoms with E-state index in [0.29, 0.717) is 18.9 Å². The summed E-state index contributed by atoms with van der Waals surface area (Å²) in [5.41, 5.74) is 0.247. The van der Waals surface area contributed by atoms with Crippen LogP contribution < -0.4 is 10.1 Å². The maximum atomic E-state index is 10.7. The highest BCUT2D eigenvalue weighted by Crippen LogP contribution is 2.12. The number of carboxylic acid groups (broad SMARTS) is 1. The molecule has 0 radical (unpaired) electrons. The van der Waals surface area contributed by atoms with Crippen LogP contribution in [0.25, 0.3) is 0 Å². The van der Waals surface area contributed by atoms with Crippen molar-refractivity contribution >= 4 is 5.97 Å². The summed E-state index contributed by atoms with van der Waals surface area (Å²) < 4.78 is 7.40. The second-order valence-electron chi connectivity index (χ2n) is 4.65. The van der Waals surface area contributed by atoms with Crippen molar-refractivity contribution in [3.05, 3.63) is 42.0 Å². The van der Waals surface area contributed by atoms with E-state index in [-0.39, 0.29) is 11.6 Å². The molecule has 0 saturated carbocycles. The monoisotopic (exact) mass is 290 g/mol. The first-order chi connectivity index (χ1) is 10.1. The lowest BCUT2D eigenvalue weighted by Gasteiger charge is -2.13. The van der Waals surface area contributed by atoms with Crippen LogP contribution in [-0.2, 0) is 7.05 Å². The van der Waals surface area contributed by atoms with E-state index in [2.05, 4.69) is 15.5 Å². The molecule has 2 aromatic rings. The minimum absolute atomic E-state index is 0.0792. The Bertz CT molecular complexity index is 595. The molecule has 0 bridgehead atoms. The number of nitrogens with zero attached hydrogens (tertiary/aromatic N) is 3. The van der Waals surface area contributed by atoms with Crippen LogP contribution >= 0.6 is 0 Å². The van der Waals surface area contributed by atoms with Gasteiger partial charge in [-0.3, -0.25) is 0 Å². The lowest BCUT2D eigenvalue weighted by molar-refractivity contribution is 0.0697. The Morgan fingerprint density at radius 1 is 1.43 bits per heavy atom. The van der Waals surface area contributed by atoms with Gasteiger partial charge in [0.15, 0.2) is 0 Å². The predicted molar refractivity (Wildman–Crippen MR) is 76.3 cm³/mol. The summed E-state index contributed by atoms with van der Waals surface area (Å²) in [6.07, 6.45) is 1.66. The molecule has 0 fully saturated rings. The van der Waals surface area contributed by atoms with Crippen molar-refractivity contribution < 1.29 is 14.6 Å². The summed E-state index contributed by atoms with van der Waals surface area (Å²) in [4.78, 5) is 10.7. The summed E-state index contributed by atoms with van der Waals surface area (Å²) >= 11 is 0. The molecule has 1 atom stereocenters. The first-order valence-electron chi connectivity index (χ1n) is 6.61. The number of carboxylic acids is 1. The molecule has 0 aliphatic carbocycles. The molecule has 112 valence electrons. The van der Waals surface area contributed by atoms with E-state index in [1.165, 1.54) is 12.1 Å². The van der Waals surface area contributed by atoms with Crippen molar-refractivity contribution in [2.75, 3.05) is 13.2 Å². The number of aromatic nitrogens is 3. The van der Waals surface area contributed by atoms with Crippen LogP contribution in [0.4, 0.5) is 0 Å². The van der Waals surface area contributed by atoms with Gasteiger partial charge in [0, 0.05) is 13.6 Å². The molecule has 0 amide bonds. The van der Waals surface area contributed by atoms with E-state index in [4.69, 9.17) is 9.84 Å². The Hall–Kier alpha value is -2.41. The lowest BCUT2D eigenvalue weighted by atomic mass is 10.2. The van der Waals surface area contributed by atoms with Crippen LogP contribution in [0.5, 0.6) is 5.75 Å². The van der Waals surface area contributed by atoms with Gasteiger partial charge in [-0.2, -0.15) is 0 Å². The minimum Gasteiger partial charge on any atom is -0.492 e. The van der Waals surface area contributed by atoms with E-state index in [9.17, 15) is 4.79 Å². The van der Waals surface area contributed by atoms with Crippen LogP contribution in [0, 0.1) is 0 Å². The summed E-state index contributed by atoms with van der Waals surface area (Å²) in [6.45, 7) is 3.13. The average molecular weight is 290 g/mol. The van der Waals surface area contributed by atoms with Crippen molar-refractivity contribution in [2.45, 2.75) is 13.0 Å². The fourth-order valence-corrected chi connectivity index (χ4v) is 1.91.